The van der Waals surface area contributed by atoms with Crippen LogP contribution in [0.3, 0.4) is 0 Å². The fourth-order valence-corrected chi connectivity index (χ4v) is 6.27. The first-order chi connectivity index (χ1) is 19.0. The Morgan fingerprint density at radius 1 is 0.927 bits per heavy atom. The van der Waals surface area contributed by atoms with Crippen LogP contribution in [0.2, 0.25) is 15.1 Å². The Morgan fingerprint density at radius 3 is 2.07 bits per heavy atom. The normalized spacial score (nSPS) is 12.5. The Hall–Kier alpha value is -2.78. The van der Waals surface area contributed by atoms with Gasteiger partial charge >= 0.3 is 0 Å². The van der Waals surface area contributed by atoms with Crippen LogP contribution in [0.4, 0.5) is 5.69 Å². The number of aryl methyl sites for hydroxylation is 2. The van der Waals surface area contributed by atoms with Crippen molar-refractivity contribution in [3.63, 3.8) is 0 Å². The number of amides is 2. The molecule has 0 aliphatic heterocycles. The molecule has 2 amide bonds. The van der Waals surface area contributed by atoms with Crippen molar-refractivity contribution in [3.8, 4) is 0 Å². The lowest BCUT2D eigenvalue weighted by Crippen LogP contribution is -2.54. The summed E-state index contributed by atoms with van der Waals surface area (Å²) >= 11 is 19.1. The number of halogens is 3. The molecule has 3 aromatic rings. The van der Waals surface area contributed by atoms with Gasteiger partial charge in [0.15, 0.2) is 0 Å². The van der Waals surface area contributed by atoms with Crippen molar-refractivity contribution in [2.45, 2.75) is 64.6 Å². The SMILES string of the molecule is Cc1ccc(S(=O)(=O)N(CC(=O)N(Cc2c(Cl)cccc2Cl)C(C)C(=O)NC(C)(C)C)c2cc(Cl)ccc2C)cc1. The van der Waals surface area contributed by atoms with Crippen molar-refractivity contribution in [2.75, 3.05) is 10.8 Å². The van der Waals surface area contributed by atoms with Crippen LogP contribution in [0.15, 0.2) is 65.6 Å². The Labute approximate surface area is 257 Å². The number of carbonyl (C=O) groups is 2. The van der Waals surface area contributed by atoms with Gasteiger partial charge in [0.1, 0.15) is 12.6 Å². The van der Waals surface area contributed by atoms with Gasteiger partial charge in [-0.05, 0) is 83.5 Å². The number of benzene rings is 3. The van der Waals surface area contributed by atoms with Gasteiger partial charge in [-0.2, -0.15) is 0 Å². The van der Waals surface area contributed by atoms with Crippen LogP contribution in [0.5, 0.6) is 0 Å². The number of nitrogens with one attached hydrogen (secondary N) is 1. The van der Waals surface area contributed by atoms with Crippen molar-refractivity contribution in [2.24, 2.45) is 0 Å². The Bertz CT molecular complexity index is 1520. The maximum absolute atomic E-state index is 14.1. The number of hydrogen-bond acceptors (Lipinski definition) is 4. The first-order valence-corrected chi connectivity index (χ1v) is 15.5. The molecule has 0 saturated carbocycles. The molecular formula is C30H34Cl3N3O4S. The van der Waals surface area contributed by atoms with Crippen LogP contribution in [-0.4, -0.2) is 43.3 Å². The van der Waals surface area contributed by atoms with Crippen molar-refractivity contribution in [3.05, 3.63) is 92.4 Å². The molecule has 0 aliphatic rings. The third-order valence-corrected chi connectivity index (χ3v) is 9.10. The molecule has 0 saturated heterocycles. The van der Waals surface area contributed by atoms with E-state index in [1.807, 2.05) is 27.7 Å². The molecule has 0 bridgehead atoms. The minimum absolute atomic E-state index is 0.00879. The molecule has 7 nitrogen and oxygen atoms in total. The van der Waals surface area contributed by atoms with Gasteiger partial charge in [0.2, 0.25) is 11.8 Å². The average Bonchev–Trinajstić information content (AvgIpc) is 2.87. The van der Waals surface area contributed by atoms with E-state index in [9.17, 15) is 18.0 Å². The minimum atomic E-state index is -4.23. The summed E-state index contributed by atoms with van der Waals surface area (Å²) in [6.45, 7) is 9.91. The molecule has 0 aliphatic carbocycles. The molecule has 11 heteroatoms. The molecule has 41 heavy (non-hydrogen) atoms. The van der Waals surface area contributed by atoms with Gasteiger partial charge in [0.25, 0.3) is 10.0 Å². The largest absolute Gasteiger partial charge is 0.350 e. The smallest absolute Gasteiger partial charge is 0.264 e. The fourth-order valence-electron chi connectivity index (χ4n) is 4.11. The molecule has 0 spiro atoms. The van der Waals surface area contributed by atoms with Gasteiger partial charge < -0.3 is 10.2 Å². The highest BCUT2D eigenvalue weighted by atomic mass is 35.5. The summed E-state index contributed by atoms with van der Waals surface area (Å²) in [6.07, 6.45) is 0. The molecule has 0 heterocycles. The zero-order valence-corrected chi connectivity index (χ0v) is 26.9. The summed E-state index contributed by atoms with van der Waals surface area (Å²) < 4.78 is 29.1. The Morgan fingerprint density at radius 2 is 1.51 bits per heavy atom. The number of hydrogen-bond donors (Lipinski definition) is 1. The van der Waals surface area contributed by atoms with Crippen LogP contribution in [-0.2, 0) is 26.2 Å². The van der Waals surface area contributed by atoms with Crippen molar-refractivity contribution in [1.29, 1.82) is 0 Å². The zero-order chi connectivity index (χ0) is 30.7. The molecule has 3 rings (SSSR count). The highest BCUT2D eigenvalue weighted by Gasteiger charge is 2.34. The molecule has 220 valence electrons. The highest BCUT2D eigenvalue weighted by molar-refractivity contribution is 7.92. The van der Waals surface area contributed by atoms with E-state index < -0.39 is 40.0 Å². The molecule has 0 fully saturated rings. The lowest BCUT2D eigenvalue weighted by Gasteiger charge is -2.34. The maximum Gasteiger partial charge on any atom is 0.264 e. The topological polar surface area (TPSA) is 86.8 Å². The molecule has 1 unspecified atom stereocenters. The van der Waals surface area contributed by atoms with E-state index in [0.29, 0.717) is 26.2 Å². The Balaban J connectivity index is 2.12. The zero-order valence-electron chi connectivity index (χ0n) is 23.8. The van der Waals surface area contributed by atoms with Crippen LogP contribution < -0.4 is 9.62 Å². The van der Waals surface area contributed by atoms with E-state index in [0.717, 1.165) is 9.87 Å². The predicted molar refractivity (Wildman–Crippen MR) is 166 cm³/mol. The summed E-state index contributed by atoms with van der Waals surface area (Å²) in [5.41, 5.74) is 1.59. The molecule has 0 radical (unpaired) electrons. The van der Waals surface area contributed by atoms with Gasteiger partial charge in [-0.15, -0.1) is 0 Å². The number of anilines is 1. The third-order valence-electron chi connectivity index (χ3n) is 6.38. The quantitative estimate of drug-likeness (QED) is 0.280. The van der Waals surface area contributed by atoms with E-state index in [1.165, 1.54) is 23.1 Å². The second-order valence-corrected chi connectivity index (χ2v) is 14.0. The monoisotopic (exact) mass is 637 g/mol. The number of carbonyl (C=O) groups excluding carboxylic acids is 2. The van der Waals surface area contributed by atoms with Crippen molar-refractivity contribution >= 4 is 62.3 Å². The van der Waals surface area contributed by atoms with Gasteiger partial charge in [0, 0.05) is 32.7 Å². The summed E-state index contributed by atoms with van der Waals surface area (Å²) in [5, 5.41) is 3.82. The highest BCUT2D eigenvalue weighted by Crippen LogP contribution is 2.31. The van der Waals surface area contributed by atoms with Gasteiger partial charge in [0.05, 0.1) is 10.6 Å². The third kappa shape index (κ3) is 8.16. The molecule has 1 atom stereocenters. The number of sulfonamides is 1. The van der Waals surface area contributed by atoms with Crippen molar-refractivity contribution < 1.29 is 18.0 Å². The van der Waals surface area contributed by atoms with E-state index in [-0.39, 0.29) is 17.1 Å². The van der Waals surface area contributed by atoms with Crippen LogP contribution in [0, 0.1) is 13.8 Å². The summed E-state index contributed by atoms with van der Waals surface area (Å²) in [7, 11) is -4.23. The van der Waals surface area contributed by atoms with Crippen molar-refractivity contribution in [1.82, 2.24) is 10.2 Å². The summed E-state index contributed by atoms with van der Waals surface area (Å²) in [6, 6.07) is 15.1. The molecule has 0 aromatic heterocycles. The second-order valence-electron chi connectivity index (χ2n) is 10.9. The molecule has 3 aromatic carbocycles. The first kappa shape index (κ1) is 32.7. The number of rotatable bonds is 9. The van der Waals surface area contributed by atoms with E-state index >= 15 is 0 Å². The van der Waals surface area contributed by atoms with Gasteiger partial charge in [-0.25, -0.2) is 8.42 Å². The molecular weight excluding hydrogens is 605 g/mol. The van der Waals surface area contributed by atoms with Gasteiger partial charge in [-0.1, -0.05) is 64.6 Å². The van der Waals surface area contributed by atoms with Crippen LogP contribution in [0.1, 0.15) is 44.4 Å². The maximum atomic E-state index is 14.1. The summed E-state index contributed by atoms with van der Waals surface area (Å²) in [5.74, 6) is -1.05. The van der Waals surface area contributed by atoms with Crippen LogP contribution >= 0.6 is 34.8 Å². The first-order valence-electron chi connectivity index (χ1n) is 12.9. The Kier molecular flexibility index (Phi) is 10.4. The lowest BCUT2D eigenvalue weighted by molar-refractivity contribution is -0.140. The van der Waals surface area contributed by atoms with E-state index in [1.54, 1.807) is 56.3 Å². The van der Waals surface area contributed by atoms with E-state index in [4.69, 9.17) is 34.8 Å². The molecule has 1 N–H and O–H groups in total. The standard InChI is InChI=1S/C30H34Cl3N3O4S/c1-19-10-14-23(15-11-19)41(39,40)36(27-16-22(31)13-12-20(27)2)18-28(37)35(21(3)29(38)34-30(4,5)6)17-24-25(32)8-7-9-26(24)33/h7-16,21H,17-18H2,1-6H3,(H,34,38). The number of nitrogens with zero attached hydrogens (tertiary/aromatic N) is 2. The minimum Gasteiger partial charge on any atom is -0.350 e. The van der Waals surface area contributed by atoms with Gasteiger partial charge in [-0.3, -0.25) is 13.9 Å². The van der Waals surface area contributed by atoms with Crippen LogP contribution in [0.25, 0.3) is 0 Å². The van der Waals surface area contributed by atoms with E-state index in [2.05, 4.69) is 5.32 Å². The predicted octanol–water partition coefficient (Wildman–Crippen LogP) is 6.79. The fraction of sp³-hybridized carbons (Fsp3) is 0.333. The average molecular weight is 639 g/mol. The summed E-state index contributed by atoms with van der Waals surface area (Å²) in [4.78, 5) is 28.7. The second kappa shape index (κ2) is 13.0. The lowest BCUT2D eigenvalue weighted by atomic mass is 10.1.